The molecular weight excluding hydrogens is 1020 g/mol. The van der Waals surface area contributed by atoms with Gasteiger partial charge in [0, 0.05) is 63.2 Å². The fourth-order valence-electron chi connectivity index (χ4n) is 16.8. The first-order chi connectivity index (χ1) is 39.6. The first-order valence-corrected chi connectivity index (χ1v) is 31.9. The van der Waals surface area contributed by atoms with Gasteiger partial charge >= 0.3 is 0 Å². The van der Waals surface area contributed by atoms with E-state index >= 15 is 0 Å². The van der Waals surface area contributed by atoms with Crippen LogP contribution in [0.25, 0.3) is 22.3 Å². The molecule has 2 unspecified atom stereocenters. The third-order valence-electron chi connectivity index (χ3n) is 22.5. The quantitative estimate of drug-likeness (QED) is 0.160. The SMILES string of the molecule is CC(C)(C)c1ccc(N2c3cc(N4c5ccc(-c6cccnc6)cc5C5(C)CCCCC45C)ccc3B3c4cc5c(cc4N(c4ccc6c(c4)C(C)(C)CCC6(C)C)c4cc(C(C)(C)C)cc2c43)C(C)(C)CCC5(C)C)c(-c2ccccc2)c1. The maximum absolute atomic E-state index is 4.58. The third kappa shape index (κ3) is 8.15. The van der Waals surface area contributed by atoms with Crippen LogP contribution in [0.5, 0.6) is 0 Å². The average molecular weight is 1110 g/mol. The van der Waals surface area contributed by atoms with Crippen LogP contribution >= 0.6 is 0 Å². The van der Waals surface area contributed by atoms with E-state index in [0.29, 0.717) is 0 Å². The molecule has 0 spiro atoms. The molecule has 0 saturated heterocycles. The Morgan fingerprint density at radius 3 is 1.67 bits per heavy atom. The highest BCUT2D eigenvalue weighted by Gasteiger charge is 2.58. The molecule has 84 heavy (non-hydrogen) atoms. The zero-order chi connectivity index (χ0) is 59.1. The zero-order valence-corrected chi connectivity index (χ0v) is 53.5. The molecule has 0 N–H and O–H groups in total. The Morgan fingerprint density at radius 1 is 0.405 bits per heavy atom. The van der Waals surface area contributed by atoms with Gasteiger partial charge in [0.05, 0.1) is 11.2 Å². The molecule has 1 saturated carbocycles. The maximum Gasteiger partial charge on any atom is 0.252 e. The number of hydrogen-bond acceptors (Lipinski definition) is 4. The summed E-state index contributed by atoms with van der Waals surface area (Å²) >= 11 is 0. The van der Waals surface area contributed by atoms with E-state index in [4.69, 9.17) is 0 Å². The smallest absolute Gasteiger partial charge is 0.252 e. The highest BCUT2D eigenvalue weighted by atomic mass is 15.3. The van der Waals surface area contributed by atoms with E-state index in [2.05, 4.69) is 270 Å². The van der Waals surface area contributed by atoms with Crippen LogP contribution in [-0.2, 0) is 37.9 Å². The lowest BCUT2D eigenvalue weighted by Gasteiger charge is -2.51. The lowest BCUT2D eigenvalue weighted by Crippen LogP contribution is -2.62. The Morgan fingerprint density at radius 2 is 1.00 bits per heavy atom. The van der Waals surface area contributed by atoms with Crippen molar-refractivity contribution in [2.24, 2.45) is 0 Å². The lowest BCUT2D eigenvalue weighted by molar-refractivity contribution is 0.195. The molecule has 428 valence electrons. The summed E-state index contributed by atoms with van der Waals surface area (Å²) in [5.74, 6) is 0. The summed E-state index contributed by atoms with van der Waals surface area (Å²) in [4.78, 5) is 12.9. The van der Waals surface area contributed by atoms with Crippen molar-refractivity contribution in [3.05, 3.63) is 191 Å². The molecule has 4 heterocycles. The van der Waals surface area contributed by atoms with Gasteiger partial charge in [-0.25, -0.2) is 0 Å². The number of aromatic nitrogens is 1. The minimum Gasteiger partial charge on any atom is -0.334 e. The molecule has 1 aromatic heterocycles. The largest absolute Gasteiger partial charge is 0.334 e. The van der Waals surface area contributed by atoms with Crippen molar-refractivity contribution in [1.29, 1.82) is 0 Å². The molecule has 6 aliphatic rings. The zero-order valence-electron chi connectivity index (χ0n) is 53.5. The van der Waals surface area contributed by atoms with Crippen LogP contribution in [0, 0.1) is 0 Å². The minimum absolute atomic E-state index is 0.0141. The lowest BCUT2D eigenvalue weighted by atomic mass is 9.33. The number of anilines is 8. The van der Waals surface area contributed by atoms with Gasteiger partial charge in [-0.2, -0.15) is 0 Å². The van der Waals surface area contributed by atoms with E-state index in [1.807, 2.05) is 12.4 Å². The Bertz CT molecular complexity index is 4000. The molecule has 8 aromatic rings. The van der Waals surface area contributed by atoms with Crippen LogP contribution in [0.1, 0.15) is 201 Å². The Labute approximate surface area is 504 Å². The van der Waals surface area contributed by atoms with Crippen LogP contribution in [0.3, 0.4) is 0 Å². The van der Waals surface area contributed by atoms with Gasteiger partial charge in [-0.05, 0) is 223 Å². The predicted molar refractivity (Wildman–Crippen MR) is 360 cm³/mol. The van der Waals surface area contributed by atoms with Crippen LogP contribution < -0.4 is 31.1 Å². The maximum atomic E-state index is 4.58. The Balaban J connectivity index is 1.10. The predicted octanol–water partition coefficient (Wildman–Crippen LogP) is 19.5. The van der Waals surface area contributed by atoms with Crippen molar-refractivity contribution < 1.29 is 0 Å². The number of fused-ring (bicyclic) bond motifs is 9. The topological polar surface area (TPSA) is 22.6 Å². The van der Waals surface area contributed by atoms with Crippen molar-refractivity contribution >= 4 is 68.6 Å². The van der Waals surface area contributed by atoms with E-state index in [-0.39, 0.29) is 50.2 Å². The highest BCUT2D eigenvalue weighted by Crippen LogP contribution is 2.62. The summed E-state index contributed by atoms with van der Waals surface area (Å²) in [5.41, 5.74) is 29.1. The van der Waals surface area contributed by atoms with Crippen molar-refractivity contribution in [3.8, 4) is 22.3 Å². The first-order valence-electron chi connectivity index (χ1n) is 31.9. The summed E-state index contributed by atoms with van der Waals surface area (Å²) in [6.45, 7) is 39.4. The number of pyridine rings is 1. The highest BCUT2D eigenvalue weighted by molar-refractivity contribution is 7.00. The molecule has 0 bridgehead atoms. The van der Waals surface area contributed by atoms with Crippen LogP contribution in [0.4, 0.5) is 45.5 Å². The van der Waals surface area contributed by atoms with Crippen molar-refractivity contribution in [2.45, 2.75) is 206 Å². The molecule has 3 aliphatic heterocycles. The Hall–Kier alpha value is -6.85. The normalized spacial score (nSPS) is 22.0. The Kier molecular flexibility index (Phi) is 12.0. The summed E-state index contributed by atoms with van der Waals surface area (Å²) in [6, 6.07) is 56.3. The molecule has 7 aromatic carbocycles. The van der Waals surface area contributed by atoms with Gasteiger partial charge in [0.2, 0.25) is 0 Å². The van der Waals surface area contributed by atoms with Crippen LogP contribution in [0.15, 0.2) is 152 Å². The second-order valence-electron chi connectivity index (χ2n) is 31.7. The van der Waals surface area contributed by atoms with E-state index in [1.54, 1.807) is 0 Å². The summed E-state index contributed by atoms with van der Waals surface area (Å²) in [6.07, 6.45) is 13.3. The number of nitrogens with zero attached hydrogens (tertiary/aromatic N) is 4. The fraction of sp³-hybridized carbons (Fsp3) is 0.405. The fourth-order valence-corrected chi connectivity index (χ4v) is 16.8. The van der Waals surface area contributed by atoms with E-state index in [1.165, 1.54) is 149 Å². The number of hydrogen-bond donors (Lipinski definition) is 0. The average Bonchev–Trinajstić information content (AvgIpc) is 1.66. The molecule has 2 atom stereocenters. The summed E-state index contributed by atoms with van der Waals surface area (Å²) in [7, 11) is 0. The molecule has 5 heteroatoms. The third-order valence-corrected chi connectivity index (χ3v) is 22.5. The van der Waals surface area contributed by atoms with Gasteiger partial charge in [0.15, 0.2) is 0 Å². The van der Waals surface area contributed by atoms with Crippen molar-refractivity contribution in [1.82, 2.24) is 4.98 Å². The van der Waals surface area contributed by atoms with Gasteiger partial charge in [0.1, 0.15) is 0 Å². The summed E-state index contributed by atoms with van der Waals surface area (Å²) in [5, 5.41) is 0. The van der Waals surface area contributed by atoms with Gasteiger partial charge in [-0.15, -0.1) is 0 Å². The molecule has 1 fully saturated rings. The van der Waals surface area contributed by atoms with E-state index < -0.39 is 0 Å². The molecule has 0 amide bonds. The number of benzene rings is 7. The van der Waals surface area contributed by atoms with Gasteiger partial charge in [-0.1, -0.05) is 183 Å². The van der Waals surface area contributed by atoms with Crippen molar-refractivity contribution in [2.75, 3.05) is 14.7 Å². The van der Waals surface area contributed by atoms with Gasteiger partial charge in [0.25, 0.3) is 6.71 Å². The molecule has 0 radical (unpaired) electrons. The molecular formula is C79H89BN4. The second kappa shape index (κ2) is 18.3. The minimum atomic E-state index is -0.170. The first kappa shape index (κ1) is 55.1. The van der Waals surface area contributed by atoms with Crippen LogP contribution in [-0.4, -0.2) is 17.2 Å². The van der Waals surface area contributed by atoms with Gasteiger partial charge < -0.3 is 14.7 Å². The monoisotopic (exact) mass is 1100 g/mol. The summed E-state index contributed by atoms with van der Waals surface area (Å²) < 4.78 is 0. The molecule has 3 aliphatic carbocycles. The van der Waals surface area contributed by atoms with Crippen molar-refractivity contribution in [3.63, 3.8) is 0 Å². The molecule has 14 rings (SSSR count). The van der Waals surface area contributed by atoms with E-state index in [9.17, 15) is 0 Å². The van der Waals surface area contributed by atoms with Gasteiger partial charge in [-0.3, -0.25) is 4.98 Å². The van der Waals surface area contributed by atoms with Crippen LogP contribution in [0.2, 0.25) is 0 Å². The second-order valence-corrected chi connectivity index (χ2v) is 31.7. The standard InChI is InChI=1S/C79H89BN4/c1-72(2,3)53-27-33-65(57(42-53)50-23-18-17-19-24-50)83-67-46-56(84-66-32-26-51(52-25-22-40-81-49-52)41-62(66)78(15)34-20-21-35-79(78,84)16)29-31-63(67)80-64-47-60-61(77(13,14)39-38-76(60,11)12)48-68(64)82(69-43-54(73(4,5)6)44-70(83)71(69)80)55-28-30-58-59(45-55)75(9,10)37-36-74(58,7)8/h17-19,22-33,40-49H,20-21,34-39H2,1-16H3. The molecule has 4 nitrogen and oxygen atoms in total. The van der Waals surface area contributed by atoms with E-state index in [0.717, 1.165) is 25.7 Å². The number of rotatable bonds is 5.